The van der Waals surface area contributed by atoms with E-state index in [-0.39, 0.29) is 18.3 Å². The van der Waals surface area contributed by atoms with Crippen molar-refractivity contribution < 1.29 is 9.47 Å². The smallest absolute Gasteiger partial charge is 0.229 e. The summed E-state index contributed by atoms with van der Waals surface area (Å²) in [4.78, 5) is 24.1. The van der Waals surface area contributed by atoms with Crippen molar-refractivity contribution in [3.8, 4) is 11.4 Å². The molecule has 32 heavy (non-hydrogen) atoms. The molecule has 0 saturated carbocycles. The molecule has 5 heterocycles. The summed E-state index contributed by atoms with van der Waals surface area (Å²) in [6.45, 7) is 3.43. The second kappa shape index (κ2) is 8.26. The summed E-state index contributed by atoms with van der Waals surface area (Å²) in [6.07, 6.45) is 7.02. The van der Waals surface area contributed by atoms with Gasteiger partial charge in [0.2, 0.25) is 5.95 Å². The van der Waals surface area contributed by atoms with Crippen molar-refractivity contribution in [2.75, 3.05) is 43.1 Å². The number of aromatic nitrogens is 4. The fourth-order valence-electron chi connectivity index (χ4n) is 5.10. The first kappa shape index (κ1) is 19.8. The summed E-state index contributed by atoms with van der Waals surface area (Å²) in [6, 6.07) is 10.1. The zero-order valence-corrected chi connectivity index (χ0v) is 18.4. The molecule has 0 N–H and O–H groups in total. The van der Waals surface area contributed by atoms with E-state index in [4.69, 9.17) is 24.4 Å². The van der Waals surface area contributed by atoms with Crippen LogP contribution >= 0.6 is 0 Å². The summed E-state index contributed by atoms with van der Waals surface area (Å²) in [7, 11) is 1.78. The number of anilines is 2. The van der Waals surface area contributed by atoms with Gasteiger partial charge in [-0.3, -0.25) is 0 Å². The Kier molecular flexibility index (Phi) is 5.11. The van der Waals surface area contributed by atoms with Crippen LogP contribution in [0.15, 0.2) is 36.5 Å². The van der Waals surface area contributed by atoms with Crippen molar-refractivity contribution in [1.29, 1.82) is 0 Å². The highest BCUT2D eigenvalue weighted by molar-refractivity contribution is 5.88. The minimum atomic E-state index is 0.205. The summed E-state index contributed by atoms with van der Waals surface area (Å²) in [5.41, 5.74) is 1.68. The maximum atomic E-state index is 6.07. The molecule has 2 bridgehead atoms. The van der Waals surface area contributed by atoms with Gasteiger partial charge in [-0.15, -0.1) is 0 Å². The number of morpholine rings is 1. The van der Waals surface area contributed by atoms with Crippen LogP contribution in [0.5, 0.6) is 0 Å². The van der Waals surface area contributed by atoms with Gasteiger partial charge in [0.05, 0.1) is 23.7 Å². The Balaban J connectivity index is 1.45. The van der Waals surface area contributed by atoms with E-state index in [0.29, 0.717) is 11.5 Å². The van der Waals surface area contributed by atoms with Crippen molar-refractivity contribution in [2.45, 2.75) is 44.0 Å². The first-order chi connectivity index (χ1) is 15.8. The molecule has 3 aromatic rings. The molecular weight excluding hydrogens is 404 g/mol. The summed E-state index contributed by atoms with van der Waals surface area (Å²) >= 11 is 0. The molecule has 3 aliphatic heterocycles. The lowest BCUT2D eigenvalue weighted by atomic mass is 10.1. The molecule has 3 fully saturated rings. The number of fused-ring (bicyclic) bond motifs is 3. The van der Waals surface area contributed by atoms with Crippen LogP contribution in [0.3, 0.4) is 0 Å². The molecule has 0 amide bonds. The fraction of sp³-hybridized carbons (Fsp3) is 0.500. The van der Waals surface area contributed by atoms with Crippen molar-refractivity contribution in [3.05, 3.63) is 36.5 Å². The molecule has 3 unspecified atom stereocenters. The number of hydrogen-bond acceptors (Lipinski definition) is 8. The SMILES string of the molecule is COC1CCCN(c2nc(N3CC4CCC(C3)O4)c3cnc(-c4ccccc4)nc3n2)C1. The van der Waals surface area contributed by atoms with Gasteiger partial charge in [0, 0.05) is 45.0 Å². The third kappa shape index (κ3) is 3.67. The second-order valence-corrected chi connectivity index (χ2v) is 8.95. The van der Waals surface area contributed by atoms with E-state index < -0.39 is 0 Å². The average Bonchev–Trinajstić information content (AvgIpc) is 3.20. The molecule has 0 spiro atoms. The number of rotatable bonds is 4. The third-order valence-electron chi connectivity index (χ3n) is 6.79. The fourth-order valence-corrected chi connectivity index (χ4v) is 5.10. The molecule has 0 aliphatic carbocycles. The second-order valence-electron chi connectivity index (χ2n) is 8.95. The minimum absolute atomic E-state index is 0.205. The van der Waals surface area contributed by atoms with Crippen LogP contribution in [0.2, 0.25) is 0 Å². The lowest BCUT2D eigenvalue weighted by molar-refractivity contribution is 0.0303. The van der Waals surface area contributed by atoms with Gasteiger partial charge in [-0.1, -0.05) is 30.3 Å². The van der Waals surface area contributed by atoms with Gasteiger partial charge in [0.1, 0.15) is 5.82 Å². The van der Waals surface area contributed by atoms with Gasteiger partial charge in [0.25, 0.3) is 0 Å². The first-order valence-electron chi connectivity index (χ1n) is 11.5. The van der Waals surface area contributed by atoms with Crippen molar-refractivity contribution in [2.24, 2.45) is 0 Å². The maximum Gasteiger partial charge on any atom is 0.229 e. The normalized spacial score (nSPS) is 25.5. The van der Waals surface area contributed by atoms with Crippen LogP contribution in [-0.2, 0) is 9.47 Å². The molecule has 8 heteroatoms. The van der Waals surface area contributed by atoms with E-state index in [9.17, 15) is 0 Å². The van der Waals surface area contributed by atoms with Gasteiger partial charge in [-0.2, -0.15) is 9.97 Å². The predicted octanol–water partition coefficient (Wildman–Crippen LogP) is 3.07. The number of hydrogen-bond donors (Lipinski definition) is 0. The van der Waals surface area contributed by atoms with Crippen LogP contribution < -0.4 is 9.80 Å². The van der Waals surface area contributed by atoms with Crippen LogP contribution in [0.4, 0.5) is 11.8 Å². The first-order valence-corrected chi connectivity index (χ1v) is 11.5. The van der Waals surface area contributed by atoms with E-state index in [2.05, 4.69) is 14.8 Å². The lowest BCUT2D eigenvalue weighted by Crippen LogP contribution is -2.44. The van der Waals surface area contributed by atoms with Gasteiger partial charge in [-0.25, -0.2) is 9.97 Å². The number of piperidine rings is 1. The third-order valence-corrected chi connectivity index (χ3v) is 6.79. The van der Waals surface area contributed by atoms with E-state index in [1.54, 1.807) is 7.11 Å². The highest BCUT2D eigenvalue weighted by Gasteiger charge is 2.35. The van der Waals surface area contributed by atoms with Gasteiger partial charge in [0.15, 0.2) is 11.5 Å². The lowest BCUT2D eigenvalue weighted by Gasteiger charge is -2.35. The van der Waals surface area contributed by atoms with Crippen LogP contribution in [0, 0.1) is 0 Å². The Morgan fingerprint density at radius 2 is 1.75 bits per heavy atom. The van der Waals surface area contributed by atoms with Crippen molar-refractivity contribution in [3.63, 3.8) is 0 Å². The highest BCUT2D eigenvalue weighted by Crippen LogP contribution is 2.33. The molecule has 166 valence electrons. The van der Waals surface area contributed by atoms with E-state index >= 15 is 0 Å². The molecule has 2 aromatic heterocycles. The van der Waals surface area contributed by atoms with Crippen LogP contribution in [-0.4, -0.2) is 71.5 Å². The topological polar surface area (TPSA) is 76.5 Å². The van der Waals surface area contributed by atoms with Crippen LogP contribution in [0.1, 0.15) is 25.7 Å². The highest BCUT2D eigenvalue weighted by atomic mass is 16.5. The van der Waals surface area contributed by atoms with Crippen LogP contribution in [0.25, 0.3) is 22.4 Å². The van der Waals surface area contributed by atoms with Gasteiger partial charge in [-0.05, 0) is 25.7 Å². The van der Waals surface area contributed by atoms with Crippen molar-refractivity contribution >= 4 is 22.8 Å². The molecule has 0 radical (unpaired) electrons. The zero-order valence-electron chi connectivity index (χ0n) is 18.4. The number of benzene rings is 1. The number of ether oxygens (including phenoxy) is 2. The quantitative estimate of drug-likeness (QED) is 0.623. The van der Waals surface area contributed by atoms with Gasteiger partial charge >= 0.3 is 0 Å². The van der Waals surface area contributed by atoms with E-state index in [1.165, 1.54) is 0 Å². The summed E-state index contributed by atoms with van der Waals surface area (Å²) in [5.74, 6) is 2.33. The Bertz CT molecular complexity index is 1100. The number of nitrogens with zero attached hydrogens (tertiary/aromatic N) is 6. The van der Waals surface area contributed by atoms with Crippen molar-refractivity contribution in [1.82, 2.24) is 19.9 Å². The molecule has 1 aromatic carbocycles. The molecule has 3 aliphatic rings. The van der Waals surface area contributed by atoms with E-state index in [0.717, 1.165) is 74.6 Å². The number of methoxy groups -OCH3 is 1. The Labute approximate surface area is 187 Å². The predicted molar refractivity (Wildman–Crippen MR) is 123 cm³/mol. The average molecular weight is 433 g/mol. The van der Waals surface area contributed by atoms with E-state index in [1.807, 2.05) is 36.5 Å². The molecule has 8 nitrogen and oxygen atoms in total. The minimum Gasteiger partial charge on any atom is -0.380 e. The monoisotopic (exact) mass is 432 g/mol. The Hall–Kier alpha value is -2.84. The molecule has 3 atom stereocenters. The maximum absolute atomic E-state index is 6.07. The summed E-state index contributed by atoms with van der Waals surface area (Å²) in [5, 5.41) is 0.898. The molecule has 6 rings (SSSR count). The molecule has 3 saturated heterocycles. The van der Waals surface area contributed by atoms with Gasteiger partial charge < -0.3 is 19.3 Å². The largest absolute Gasteiger partial charge is 0.380 e. The Morgan fingerprint density at radius 1 is 0.938 bits per heavy atom. The molecular formula is C24H28N6O2. The standard InChI is InChI=1S/C24H28N6O2/c1-31-17-8-5-11-29(13-17)24-27-22-20(12-25-21(26-22)16-6-3-2-4-7-16)23(28-24)30-14-18-9-10-19(15-30)32-18/h2-4,6-7,12,17-19H,5,8-11,13-15H2,1H3. The summed E-state index contributed by atoms with van der Waals surface area (Å²) < 4.78 is 11.7. The Morgan fingerprint density at radius 3 is 2.53 bits per heavy atom. The zero-order chi connectivity index (χ0) is 21.5.